The van der Waals surface area contributed by atoms with Crippen LogP contribution in [0.1, 0.15) is 109 Å². The molecule has 0 saturated heterocycles. The number of carbonyl (C=O) groups is 1. The van der Waals surface area contributed by atoms with Gasteiger partial charge in [-0.1, -0.05) is 102 Å². The number of halogens is 3. The number of rotatable bonds is 5. The van der Waals surface area contributed by atoms with Crippen molar-refractivity contribution in [1.29, 1.82) is 0 Å². The van der Waals surface area contributed by atoms with Gasteiger partial charge in [-0.2, -0.15) is 13.2 Å². The van der Waals surface area contributed by atoms with Crippen molar-refractivity contribution >= 4 is 22.3 Å². The van der Waals surface area contributed by atoms with Crippen LogP contribution in [-0.4, -0.2) is 10.8 Å². The first kappa shape index (κ1) is 43.0. The van der Waals surface area contributed by atoms with Crippen LogP contribution < -0.4 is 0 Å². The minimum absolute atomic E-state index is 0. The number of nitrogens with zero attached hydrogens (tertiary/aromatic N) is 1. The number of aryl methyl sites for hydroxylation is 4. The predicted octanol–water partition coefficient (Wildman–Crippen LogP) is 13.3. The van der Waals surface area contributed by atoms with E-state index in [1.54, 1.807) is 39.0 Å². The molecule has 0 fully saturated rings. The molecule has 2 aromatic carbocycles. The highest BCUT2D eigenvalue weighted by molar-refractivity contribution is 6.13. The fraction of sp³-hybridized carbons (Fsp3) is 0.381. The number of hydrogen-bond acceptors (Lipinski definition) is 2. The SMILES string of the molecule is C.C=C(C)/C(C)=C(\C1=CC=CCC1=O)c1cc(C(F)(F)F)c(C)cc1C.C=C(C)CC.CCC.CCc1cc2ccccc2nc1C. The first-order valence-electron chi connectivity index (χ1n) is 16.0. The van der Waals surface area contributed by atoms with Gasteiger partial charge in [-0.25, -0.2) is 0 Å². The summed E-state index contributed by atoms with van der Waals surface area (Å²) in [5.74, 6) is -0.105. The number of hydrogen-bond donors (Lipinski definition) is 0. The molecule has 47 heavy (non-hydrogen) atoms. The number of fused-ring (bicyclic) bond motifs is 1. The van der Waals surface area contributed by atoms with Crippen LogP contribution in [0.2, 0.25) is 0 Å². The van der Waals surface area contributed by atoms with Gasteiger partial charge in [0.25, 0.3) is 0 Å². The zero-order chi connectivity index (χ0) is 35.2. The molecule has 1 heterocycles. The zero-order valence-corrected chi connectivity index (χ0v) is 29.5. The lowest BCUT2D eigenvalue weighted by Crippen LogP contribution is -2.12. The summed E-state index contributed by atoms with van der Waals surface area (Å²) in [7, 11) is 0. The molecule has 5 heteroatoms. The van der Waals surface area contributed by atoms with E-state index >= 15 is 0 Å². The van der Waals surface area contributed by atoms with E-state index in [2.05, 4.69) is 77.0 Å². The Balaban J connectivity index is 0.000000798. The maximum Gasteiger partial charge on any atom is 0.416 e. The highest BCUT2D eigenvalue weighted by Crippen LogP contribution is 2.39. The van der Waals surface area contributed by atoms with Gasteiger partial charge < -0.3 is 0 Å². The molecule has 1 aromatic heterocycles. The lowest BCUT2D eigenvalue weighted by atomic mass is 9.83. The standard InChI is InChI=1S/C21H21F3O.C12H13N.C5H10.C3H8.CH4/c1-12(2)15(5)20(16-8-6-7-9-19(16)25)17-11-18(21(22,23)24)14(4)10-13(17)3;1-3-10-8-11-6-4-5-7-12(11)13-9(10)2;1-4-5(2)3;1-3-2;/h6-8,10-11H,1,9H2,2-5H3;4-8H,3H2,1-2H3;2,4H2,1,3H3;3H2,1-2H3;1H4/b20-15+;;;;. The molecular weight excluding hydrogens is 591 g/mol. The average molecular weight is 648 g/mol. The molecule has 0 spiro atoms. The van der Waals surface area contributed by atoms with E-state index in [4.69, 9.17) is 0 Å². The molecule has 0 saturated carbocycles. The number of Topliss-reactive ketones (excluding diaryl/α,β-unsaturated/α-hetero) is 1. The first-order valence-corrected chi connectivity index (χ1v) is 16.0. The second kappa shape index (κ2) is 20.3. The topological polar surface area (TPSA) is 30.0 Å². The molecule has 0 radical (unpaired) electrons. The van der Waals surface area contributed by atoms with Crippen LogP contribution in [0.3, 0.4) is 0 Å². The Morgan fingerprint density at radius 1 is 0.915 bits per heavy atom. The van der Waals surface area contributed by atoms with Crippen molar-refractivity contribution in [2.75, 3.05) is 0 Å². The molecule has 2 nitrogen and oxygen atoms in total. The number of aromatic nitrogens is 1. The van der Waals surface area contributed by atoms with Gasteiger partial charge in [-0.15, -0.1) is 6.58 Å². The fourth-order valence-corrected chi connectivity index (χ4v) is 4.57. The fourth-order valence-electron chi connectivity index (χ4n) is 4.57. The number of benzene rings is 2. The predicted molar refractivity (Wildman–Crippen MR) is 199 cm³/mol. The molecule has 0 amide bonds. The minimum atomic E-state index is -4.44. The normalized spacial score (nSPS) is 12.5. The smallest absolute Gasteiger partial charge is 0.294 e. The van der Waals surface area contributed by atoms with Crippen LogP contribution in [0.15, 0.2) is 96.1 Å². The average Bonchev–Trinajstić information content (AvgIpc) is 2.99. The summed E-state index contributed by atoms with van der Waals surface area (Å²) < 4.78 is 40.1. The third kappa shape index (κ3) is 13.0. The molecule has 1 aliphatic rings. The van der Waals surface area contributed by atoms with Crippen molar-refractivity contribution < 1.29 is 18.0 Å². The van der Waals surface area contributed by atoms with Crippen LogP contribution in [0, 0.1) is 20.8 Å². The van der Waals surface area contributed by atoms with Gasteiger partial charge in [-0.3, -0.25) is 9.78 Å². The number of allylic oxidation sites excluding steroid dienone is 8. The molecule has 4 rings (SSSR count). The van der Waals surface area contributed by atoms with Gasteiger partial charge in [0.05, 0.1) is 11.1 Å². The number of pyridine rings is 1. The van der Waals surface area contributed by atoms with E-state index in [1.165, 1.54) is 35.9 Å². The molecule has 0 atom stereocenters. The maximum atomic E-state index is 13.4. The second-order valence-corrected chi connectivity index (χ2v) is 11.7. The van der Waals surface area contributed by atoms with Gasteiger partial charge in [0.2, 0.25) is 0 Å². The van der Waals surface area contributed by atoms with Crippen LogP contribution in [-0.2, 0) is 17.4 Å². The largest absolute Gasteiger partial charge is 0.416 e. The summed E-state index contributed by atoms with van der Waals surface area (Å²) in [4.78, 5) is 16.9. The van der Waals surface area contributed by atoms with E-state index in [-0.39, 0.29) is 25.2 Å². The summed E-state index contributed by atoms with van der Waals surface area (Å²) in [5, 5.41) is 1.24. The Morgan fingerprint density at radius 3 is 1.98 bits per heavy atom. The second-order valence-electron chi connectivity index (χ2n) is 11.7. The third-order valence-corrected chi connectivity index (χ3v) is 7.44. The first-order chi connectivity index (χ1) is 21.5. The molecule has 1 aliphatic carbocycles. The van der Waals surface area contributed by atoms with Crippen molar-refractivity contribution in [2.45, 2.75) is 109 Å². The van der Waals surface area contributed by atoms with Crippen molar-refractivity contribution in [1.82, 2.24) is 4.98 Å². The Morgan fingerprint density at radius 2 is 1.49 bits per heavy atom. The molecule has 0 N–H and O–H groups in total. The number of para-hydroxylation sites is 1. The maximum absolute atomic E-state index is 13.4. The van der Waals surface area contributed by atoms with Crippen LogP contribution in [0.25, 0.3) is 16.5 Å². The lowest BCUT2D eigenvalue weighted by molar-refractivity contribution is -0.138. The van der Waals surface area contributed by atoms with Gasteiger partial charge >= 0.3 is 6.18 Å². The lowest BCUT2D eigenvalue weighted by Gasteiger charge is -2.21. The molecule has 3 aromatic rings. The molecular formula is C42H56F3NO. The number of alkyl halides is 3. The van der Waals surface area contributed by atoms with Gasteiger partial charge in [0.15, 0.2) is 5.78 Å². The highest BCUT2D eigenvalue weighted by Gasteiger charge is 2.34. The quantitative estimate of drug-likeness (QED) is 0.204. The van der Waals surface area contributed by atoms with Crippen LogP contribution >= 0.6 is 0 Å². The highest BCUT2D eigenvalue weighted by atomic mass is 19.4. The Labute approximate surface area is 282 Å². The Kier molecular flexibility index (Phi) is 18.6. The number of ketones is 1. The summed E-state index contributed by atoms with van der Waals surface area (Å²) in [5.41, 5.74) is 7.86. The van der Waals surface area contributed by atoms with E-state index in [0.717, 1.165) is 35.7 Å². The third-order valence-electron chi connectivity index (χ3n) is 7.44. The molecule has 0 unspecified atom stereocenters. The van der Waals surface area contributed by atoms with Crippen molar-refractivity contribution in [3.63, 3.8) is 0 Å². The number of carbonyl (C=O) groups excluding carboxylic acids is 1. The zero-order valence-electron chi connectivity index (χ0n) is 29.5. The van der Waals surface area contributed by atoms with E-state index in [1.807, 2.05) is 13.0 Å². The van der Waals surface area contributed by atoms with E-state index < -0.39 is 11.7 Å². The van der Waals surface area contributed by atoms with Crippen LogP contribution in [0.4, 0.5) is 13.2 Å². The molecule has 0 aliphatic heterocycles. The van der Waals surface area contributed by atoms with Gasteiger partial charge in [0, 0.05) is 23.1 Å². The molecule has 0 bridgehead atoms. The van der Waals surface area contributed by atoms with E-state index in [0.29, 0.717) is 27.8 Å². The monoisotopic (exact) mass is 647 g/mol. The van der Waals surface area contributed by atoms with Crippen LogP contribution in [0.5, 0.6) is 0 Å². The Hall–Kier alpha value is -3.99. The van der Waals surface area contributed by atoms with Gasteiger partial charge in [0.1, 0.15) is 0 Å². The summed E-state index contributed by atoms with van der Waals surface area (Å²) in [6.45, 7) is 27.0. The van der Waals surface area contributed by atoms with Crippen molar-refractivity contribution in [3.05, 3.63) is 130 Å². The van der Waals surface area contributed by atoms with E-state index in [9.17, 15) is 18.0 Å². The summed E-state index contributed by atoms with van der Waals surface area (Å²) in [6.07, 6.45) is 4.39. The minimum Gasteiger partial charge on any atom is -0.294 e. The van der Waals surface area contributed by atoms with Gasteiger partial charge in [-0.05, 0) is 106 Å². The van der Waals surface area contributed by atoms with Crippen molar-refractivity contribution in [2.24, 2.45) is 0 Å². The van der Waals surface area contributed by atoms with Crippen molar-refractivity contribution in [3.8, 4) is 0 Å². The summed E-state index contributed by atoms with van der Waals surface area (Å²) >= 11 is 0. The Bertz CT molecular complexity index is 1620. The summed E-state index contributed by atoms with van der Waals surface area (Å²) in [6, 6.07) is 13.2. The molecule has 256 valence electrons.